The summed E-state index contributed by atoms with van der Waals surface area (Å²) in [6.07, 6.45) is 3.94. The standard InChI is InChI=1S/C15H19Cl3N2/c1-10-8-19-5-3-2-4-11(19)9-20(10)15-7-13(17)12(16)6-14(15)18/h6-7,10-11H,2-5,8-9H2,1H3. The van der Waals surface area contributed by atoms with Crippen LogP contribution in [-0.4, -0.2) is 36.6 Å². The molecule has 2 fully saturated rings. The molecule has 0 N–H and O–H groups in total. The van der Waals surface area contributed by atoms with E-state index >= 15 is 0 Å². The van der Waals surface area contributed by atoms with E-state index < -0.39 is 0 Å². The second kappa shape index (κ2) is 5.92. The number of piperazine rings is 1. The summed E-state index contributed by atoms with van der Waals surface area (Å²) in [7, 11) is 0. The Labute approximate surface area is 135 Å². The minimum Gasteiger partial charge on any atom is -0.365 e. The number of rotatable bonds is 1. The van der Waals surface area contributed by atoms with Crippen molar-refractivity contribution in [3.63, 3.8) is 0 Å². The van der Waals surface area contributed by atoms with Gasteiger partial charge in [-0.3, -0.25) is 4.90 Å². The molecule has 0 spiro atoms. The maximum Gasteiger partial charge on any atom is 0.0655 e. The maximum absolute atomic E-state index is 6.38. The van der Waals surface area contributed by atoms with Crippen molar-refractivity contribution < 1.29 is 0 Å². The summed E-state index contributed by atoms with van der Waals surface area (Å²) in [4.78, 5) is 5.01. The van der Waals surface area contributed by atoms with Crippen molar-refractivity contribution in [2.75, 3.05) is 24.5 Å². The van der Waals surface area contributed by atoms with Gasteiger partial charge in [0.05, 0.1) is 20.8 Å². The van der Waals surface area contributed by atoms with Crippen molar-refractivity contribution in [3.05, 3.63) is 27.2 Å². The van der Waals surface area contributed by atoms with Crippen LogP contribution in [0.4, 0.5) is 5.69 Å². The molecule has 2 unspecified atom stereocenters. The first-order chi connectivity index (χ1) is 9.56. The summed E-state index contributed by atoms with van der Waals surface area (Å²) in [5.41, 5.74) is 1.01. The Morgan fingerprint density at radius 2 is 1.75 bits per heavy atom. The second-order valence-corrected chi connectivity index (χ2v) is 7.09. The summed E-state index contributed by atoms with van der Waals surface area (Å²) in [5, 5.41) is 1.78. The lowest BCUT2D eigenvalue weighted by molar-refractivity contribution is 0.115. The third-order valence-corrected chi connectivity index (χ3v) is 5.51. The zero-order valence-electron chi connectivity index (χ0n) is 11.6. The molecule has 20 heavy (non-hydrogen) atoms. The van der Waals surface area contributed by atoms with Gasteiger partial charge >= 0.3 is 0 Å². The molecular weight excluding hydrogens is 315 g/mol. The third-order valence-electron chi connectivity index (χ3n) is 4.49. The fourth-order valence-corrected chi connectivity index (χ4v) is 4.07. The number of benzene rings is 1. The van der Waals surface area contributed by atoms with E-state index in [1.54, 1.807) is 6.07 Å². The normalized spacial score (nSPS) is 27.5. The number of anilines is 1. The van der Waals surface area contributed by atoms with E-state index in [4.69, 9.17) is 34.8 Å². The van der Waals surface area contributed by atoms with Gasteiger partial charge in [-0.1, -0.05) is 41.2 Å². The number of nitrogens with zero attached hydrogens (tertiary/aromatic N) is 2. The second-order valence-electron chi connectivity index (χ2n) is 5.86. The smallest absolute Gasteiger partial charge is 0.0655 e. The summed E-state index contributed by atoms with van der Waals surface area (Å²) in [5.74, 6) is 0. The number of hydrogen-bond donors (Lipinski definition) is 0. The van der Waals surface area contributed by atoms with Crippen LogP contribution in [-0.2, 0) is 0 Å². The van der Waals surface area contributed by atoms with Crippen molar-refractivity contribution in [1.29, 1.82) is 0 Å². The highest BCUT2D eigenvalue weighted by molar-refractivity contribution is 6.44. The van der Waals surface area contributed by atoms with E-state index in [2.05, 4.69) is 16.7 Å². The van der Waals surface area contributed by atoms with Crippen LogP contribution in [0.3, 0.4) is 0 Å². The van der Waals surface area contributed by atoms with Gasteiger partial charge in [-0.2, -0.15) is 0 Å². The number of halogens is 3. The Balaban J connectivity index is 1.88. The van der Waals surface area contributed by atoms with Crippen LogP contribution >= 0.6 is 34.8 Å². The zero-order chi connectivity index (χ0) is 14.3. The van der Waals surface area contributed by atoms with Crippen LogP contribution in [0.2, 0.25) is 15.1 Å². The number of piperidine rings is 1. The van der Waals surface area contributed by atoms with E-state index in [-0.39, 0.29) is 0 Å². The Morgan fingerprint density at radius 1 is 1.00 bits per heavy atom. The summed E-state index contributed by atoms with van der Waals surface area (Å²) >= 11 is 18.6. The van der Waals surface area contributed by atoms with Gasteiger partial charge in [-0.05, 0) is 38.4 Å². The van der Waals surface area contributed by atoms with Gasteiger partial charge in [-0.25, -0.2) is 0 Å². The highest BCUT2D eigenvalue weighted by Gasteiger charge is 2.33. The van der Waals surface area contributed by atoms with Crippen molar-refractivity contribution in [2.24, 2.45) is 0 Å². The Bertz CT molecular complexity index is 506. The van der Waals surface area contributed by atoms with Gasteiger partial charge in [0.2, 0.25) is 0 Å². The largest absolute Gasteiger partial charge is 0.365 e. The molecule has 2 aliphatic rings. The molecule has 1 aromatic rings. The van der Waals surface area contributed by atoms with Gasteiger partial charge in [0.15, 0.2) is 0 Å². The molecule has 2 saturated heterocycles. The topological polar surface area (TPSA) is 6.48 Å². The Kier molecular flexibility index (Phi) is 4.37. The monoisotopic (exact) mass is 332 g/mol. The van der Waals surface area contributed by atoms with Crippen LogP contribution in [0.15, 0.2) is 12.1 Å². The summed E-state index contributed by atoms with van der Waals surface area (Å²) < 4.78 is 0. The minimum absolute atomic E-state index is 0.444. The van der Waals surface area contributed by atoms with Gasteiger partial charge < -0.3 is 4.90 Å². The minimum atomic E-state index is 0.444. The predicted octanol–water partition coefficient (Wildman–Crippen LogP) is 4.71. The van der Waals surface area contributed by atoms with Crippen LogP contribution in [0.25, 0.3) is 0 Å². The van der Waals surface area contributed by atoms with E-state index in [0.29, 0.717) is 27.2 Å². The molecule has 3 rings (SSSR count). The van der Waals surface area contributed by atoms with Gasteiger partial charge in [0, 0.05) is 25.2 Å². The Morgan fingerprint density at radius 3 is 2.55 bits per heavy atom. The molecule has 1 aromatic carbocycles. The predicted molar refractivity (Wildman–Crippen MR) is 87.5 cm³/mol. The third kappa shape index (κ3) is 2.76. The van der Waals surface area contributed by atoms with Gasteiger partial charge in [-0.15, -0.1) is 0 Å². The molecular formula is C15H19Cl3N2. The molecule has 0 aromatic heterocycles. The maximum atomic E-state index is 6.38. The van der Waals surface area contributed by atoms with Crippen molar-refractivity contribution >= 4 is 40.5 Å². The molecule has 2 heterocycles. The lowest BCUT2D eigenvalue weighted by atomic mass is 9.96. The van der Waals surface area contributed by atoms with E-state index in [1.165, 1.54) is 25.8 Å². The number of hydrogen-bond acceptors (Lipinski definition) is 2. The van der Waals surface area contributed by atoms with Crippen LogP contribution in [0.1, 0.15) is 26.2 Å². The first-order valence-corrected chi connectivity index (χ1v) is 8.35. The lowest BCUT2D eigenvalue weighted by Gasteiger charge is -2.48. The SMILES string of the molecule is CC1CN2CCCCC2CN1c1cc(Cl)c(Cl)cc1Cl. The van der Waals surface area contributed by atoms with E-state index in [9.17, 15) is 0 Å². The first-order valence-electron chi connectivity index (χ1n) is 7.21. The highest BCUT2D eigenvalue weighted by atomic mass is 35.5. The first kappa shape index (κ1) is 14.8. The number of fused-ring (bicyclic) bond motifs is 1. The molecule has 2 aliphatic heterocycles. The quantitative estimate of drug-likeness (QED) is 0.687. The fourth-order valence-electron chi connectivity index (χ4n) is 3.42. The molecule has 5 heteroatoms. The van der Waals surface area contributed by atoms with Crippen molar-refractivity contribution in [2.45, 2.75) is 38.3 Å². The molecule has 2 atom stereocenters. The lowest BCUT2D eigenvalue weighted by Crippen LogP contribution is -2.58. The molecule has 0 saturated carbocycles. The molecule has 0 radical (unpaired) electrons. The van der Waals surface area contributed by atoms with Crippen molar-refractivity contribution in [1.82, 2.24) is 4.90 Å². The van der Waals surface area contributed by atoms with Crippen LogP contribution in [0, 0.1) is 0 Å². The summed E-state index contributed by atoms with van der Waals surface area (Å²) in [6, 6.07) is 4.74. The van der Waals surface area contributed by atoms with Gasteiger partial charge in [0.1, 0.15) is 0 Å². The molecule has 0 amide bonds. The molecule has 0 bridgehead atoms. The van der Waals surface area contributed by atoms with E-state index in [1.807, 2.05) is 6.07 Å². The summed E-state index contributed by atoms with van der Waals surface area (Å²) in [6.45, 7) is 5.61. The molecule has 110 valence electrons. The van der Waals surface area contributed by atoms with E-state index in [0.717, 1.165) is 18.8 Å². The molecule has 2 nitrogen and oxygen atoms in total. The average Bonchev–Trinajstić information content (AvgIpc) is 2.42. The molecule has 0 aliphatic carbocycles. The van der Waals surface area contributed by atoms with Crippen molar-refractivity contribution in [3.8, 4) is 0 Å². The zero-order valence-corrected chi connectivity index (χ0v) is 13.8. The highest BCUT2D eigenvalue weighted by Crippen LogP contribution is 2.37. The average molecular weight is 334 g/mol. The van der Waals surface area contributed by atoms with Crippen LogP contribution < -0.4 is 4.90 Å². The van der Waals surface area contributed by atoms with Gasteiger partial charge in [0.25, 0.3) is 0 Å². The Hall–Kier alpha value is -0.150. The fraction of sp³-hybridized carbons (Fsp3) is 0.600. The van der Waals surface area contributed by atoms with Crippen LogP contribution in [0.5, 0.6) is 0 Å².